The van der Waals surface area contributed by atoms with Crippen molar-refractivity contribution in [1.29, 1.82) is 0 Å². The van der Waals surface area contributed by atoms with Crippen LogP contribution in [0.15, 0.2) is 12.2 Å². The number of nitrogens with zero attached hydrogens (tertiary/aromatic N) is 1. The van der Waals surface area contributed by atoms with E-state index in [0.29, 0.717) is 0 Å². The predicted molar refractivity (Wildman–Crippen MR) is 131 cm³/mol. The average Bonchev–Trinajstić information content (AvgIpc) is 3.12. The molecule has 7 atom stereocenters. The second kappa shape index (κ2) is 12.2. The Labute approximate surface area is 204 Å². The van der Waals surface area contributed by atoms with Crippen molar-refractivity contribution in [3.8, 4) is 0 Å². The second-order valence-corrected chi connectivity index (χ2v) is 10.4. The van der Waals surface area contributed by atoms with Crippen molar-refractivity contribution in [2.45, 2.75) is 97.2 Å². The number of likely N-dealkylation sites (tertiary alicyclic amines) is 1. The first-order chi connectivity index (χ1) is 16.4. The lowest BCUT2D eigenvalue weighted by Crippen LogP contribution is -2.55. The van der Waals surface area contributed by atoms with Crippen LogP contribution in [-0.4, -0.2) is 59.1 Å². The van der Waals surface area contributed by atoms with Crippen LogP contribution in [0.2, 0.25) is 0 Å². The van der Waals surface area contributed by atoms with Gasteiger partial charge in [-0.25, -0.2) is 0 Å². The van der Waals surface area contributed by atoms with Gasteiger partial charge in [0.2, 0.25) is 11.8 Å². The molecule has 34 heavy (non-hydrogen) atoms. The highest BCUT2D eigenvalue weighted by atomic mass is 16.5. The van der Waals surface area contributed by atoms with Gasteiger partial charge in [0.25, 0.3) is 0 Å². The number of allylic oxidation sites excluding steroid dienone is 1. The number of carbonyl (C=O) groups excluding carboxylic acids is 3. The van der Waals surface area contributed by atoms with Gasteiger partial charge in [0.05, 0.1) is 31.1 Å². The SMILES string of the molecule is CCC[C@@H]1C=C[C@H]2[C@@H](C(=O)N([C@@H](CO)[C@@H](C)CC)[C@@H]2C(=O)NC2CCCCC2)[C@@H]1C(=O)OCC. The molecule has 0 radical (unpaired) electrons. The Balaban J connectivity index is 2.01. The van der Waals surface area contributed by atoms with E-state index in [2.05, 4.69) is 12.2 Å². The summed E-state index contributed by atoms with van der Waals surface area (Å²) in [4.78, 5) is 42.5. The van der Waals surface area contributed by atoms with E-state index in [4.69, 9.17) is 4.74 Å². The van der Waals surface area contributed by atoms with Crippen molar-refractivity contribution in [2.75, 3.05) is 13.2 Å². The third-order valence-electron chi connectivity index (χ3n) is 8.29. The highest BCUT2D eigenvalue weighted by Crippen LogP contribution is 2.47. The average molecular weight is 477 g/mol. The Hall–Kier alpha value is -1.89. The standard InChI is InChI=1S/C27H44N2O5/c1-5-11-18-14-15-20-23(22(18)27(33)34-7-3)26(32)29(21(16-30)17(4)6-2)24(20)25(31)28-19-12-9-8-10-13-19/h14-15,17-24,30H,5-13,16H2,1-4H3,(H,28,31)/t17-,18+,20-,21-,22+,23+,24-/m0/s1. The van der Waals surface area contributed by atoms with Gasteiger partial charge in [0.1, 0.15) is 6.04 Å². The Kier molecular flexibility index (Phi) is 9.57. The number of hydrogen-bond donors (Lipinski definition) is 2. The molecule has 1 saturated carbocycles. The molecule has 0 aromatic carbocycles. The maximum Gasteiger partial charge on any atom is 0.310 e. The Morgan fingerprint density at radius 1 is 1.18 bits per heavy atom. The fourth-order valence-corrected chi connectivity index (χ4v) is 6.32. The predicted octanol–water partition coefficient (Wildman–Crippen LogP) is 3.45. The first-order valence-electron chi connectivity index (χ1n) is 13.5. The lowest BCUT2D eigenvalue weighted by atomic mass is 9.68. The van der Waals surface area contributed by atoms with E-state index < -0.39 is 29.8 Å². The highest BCUT2D eigenvalue weighted by Gasteiger charge is 2.59. The molecule has 2 N–H and O–H groups in total. The molecule has 3 aliphatic rings. The minimum absolute atomic E-state index is 0.0237. The molecule has 2 aliphatic carbocycles. The van der Waals surface area contributed by atoms with Gasteiger partial charge in [-0.05, 0) is 38.0 Å². The van der Waals surface area contributed by atoms with Crippen molar-refractivity contribution < 1.29 is 24.2 Å². The molecule has 0 unspecified atom stereocenters. The number of aliphatic hydroxyl groups is 1. The van der Waals surface area contributed by atoms with Gasteiger partial charge in [-0.2, -0.15) is 0 Å². The molecule has 2 amide bonds. The zero-order valence-electron chi connectivity index (χ0n) is 21.4. The Bertz CT molecular complexity index is 747. The number of carbonyl (C=O) groups is 3. The molecule has 1 aliphatic heterocycles. The first kappa shape index (κ1) is 26.7. The van der Waals surface area contributed by atoms with Crippen LogP contribution in [0.1, 0.15) is 79.1 Å². The summed E-state index contributed by atoms with van der Waals surface area (Å²) in [7, 11) is 0. The number of hydrogen-bond acceptors (Lipinski definition) is 5. The lowest BCUT2D eigenvalue weighted by molar-refractivity contribution is -0.156. The molecule has 3 rings (SSSR count). The summed E-state index contributed by atoms with van der Waals surface area (Å²) in [5, 5.41) is 13.5. The van der Waals surface area contributed by atoms with E-state index in [-0.39, 0.29) is 48.9 Å². The molecule has 7 nitrogen and oxygen atoms in total. The minimum Gasteiger partial charge on any atom is -0.466 e. The number of aliphatic hydroxyl groups excluding tert-OH is 1. The van der Waals surface area contributed by atoms with Gasteiger partial charge in [-0.3, -0.25) is 14.4 Å². The number of rotatable bonds is 10. The topological polar surface area (TPSA) is 95.9 Å². The third kappa shape index (κ3) is 5.34. The second-order valence-electron chi connectivity index (χ2n) is 10.4. The van der Waals surface area contributed by atoms with Gasteiger partial charge >= 0.3 is 5.97 Å². The molecule has 0 aromatic rings. The Morgan fingerprint density at radius 3 is 2.47 bits per heavy atom. The summed E-state index contributed by atoms with van der Waals surface area (Å²) in [5.41, 5.74) is 0. The number of nitrogens with one attached hydrogen (secondary N) is 1. The number of esters is 1. The highest BCUT2D eigenvalue weighted by molar-refractivity contribution is 5.96. The normalized spacial score (nSPS) is 31.1. The molecular formula is C27H44N2O5. The van der Waals surface area contributed by atoms with E-state index in [1.165, 1.54) is 6.42 Å². The van der Waals surface area contributed by atoms with Crippen LogP contribution in [-0.2, 0) is 19.1 Å². The fourth-order valence-electron chi connectivity index (χ4n) is 6.32. The largest absolute Gasteiger partial charge is 0.466 e. The number of fused-ring (bicyclic) bond motifs is 1. The van der Waals surface area contributed by atoms with Gasteiger partial charge < -0.3 is 20.1 Å². The summed E-state index contributed by atoms with van der Waals surface area (Å²) in [6.45, 7) is 7.92. The monoisotopic (exact) mass is 476 g/mol. The van der Waals surface area contributed by atoms with E-state index in [1.54, 1.807) is 11.8 Å². The van der Waals surface area contributed by atoms with Gasteiger partial charge in [-0.15, -0.1) is 0 Å². The molecule has 1 heterocycles. The molecule has 0 spiro atoms. The zero-order valence-corrected chi connectivity index (χ0v) is 21.4. The third-order valence-corrected chi connectivity index (χ3v) is 8.29. The molecule has 2 fully saturated rings. The smallest absolute Gasteiger partial charge is 0.310 e. The lowest BCUT2D eigenvalue weighted by Gasteiger charge is -2.37. The van der Waals surface area contributed by atoms with Crippen LogP contribution < -0.4 is 5.32 Å². The molecule has 7 heteroatoms. The van der Waals surface area contributed by atoms with Gasteiger partial charge in [0, 0.05) is 12.0 Å². The molecular weight excluding hydrogens is 432 g/mol. The zero-order chi connectivity index (χ0) is 24.8. The minimum atomic E-state index is -0.721. The summed E-state index contributed by atoms with van der Waals surface area (Å²) in [6.07, 6.45) is 11.8. The van der Waals surface area contributed by atoms with Crippen LogP contribution in [0.5, 0.6) is 0 Å². The summed E-state index contributed by atoms with van der Waals surface area (Å²) in [6, 6.07) is -1.07. The van der Waals surface area contributed by atoms with Crippen LogP contribution >= 0.6 is 0 Å². The quantitative estimate of drug-likeness (QED) is 0.372. The van der Waals surface area contributed by atoms with Crippen molar-refractivity contribution >= 4 is 17.8 Å². The Morgan fingerprint density at radius 2 is 1.88 bits per heavy atom. The van der Waals surface area contributed by atoms with E-state index in [1.807, 2.05) is 26.0 Å². The maximum atomic E-state index is 14.0. The summed E-state index contributed by atoms with van der Waals surface area (Å²) >= 11 is 0. The number of ether oxygens (including phenoxy) is 1. The number of amides is 2. The molecule has 0 aromatic heterocycles. The van der Waals surface area contributed by atoms with Crippen molar-refractivity contribution in [3.05, 3.63) is 12.2 Å². The van der Waals surface area contributed by atoms with Gasteiger partial charge in [-0.1, -0.05) is 65.0 Å². The first-order valence-corrected chi connectivity index (χ1v) is 13.5. The van der Waals surface area contributed by atoms with Crippen LogP contribution in [0.25, 0.3) is 0 Å². The summed E-state index contributed by atoms with van der Waals surface area (Å²) < 4.78 is 5.43. The maximum absolute atomic E-state index is 14.0. The van der Waals surface area contributed by atoms with E-state index in [9.17, 15) is 19.5 Å². The molecule has 0 bridgehead atoms. The van der Waals surface area contributed by atoms with Gasteiger partial charge in [0.15, 0.2) is 0 Å². The van der Waals surface area contributed by atoms with Crippen molar-refractivity contribution in [1.82, 2.24) is 10.2 Å². The summed E-state index contributed by atoms with van der Waals surface area (Å²) in [5.74, 6) is -2.42. The van der Waals surface area contributed by atoms with E-state index in [0.717, 1.165) is 44.9 Å². The molecule has 1 saturated heterocycles. The van der Waals surface area contributed by atoms with Crippen LogP contribution in [0.4, 0.5) is 0 Å². The molecule has 192 valence electrons. The van der Waals surface area contributed by atoms with Crippen LogP contribution in [0.3, 0.4) is 0 Å². The fraction of sp³-hybridized carbons (Fsp3) is 0.815. The van der Waals surface area contributed by atoms with Crippen LogP contribution in [0, 0.1) is 29.6 Å². The van der Waals surface area contributed by atoms with Crippen molar-refractivity contribution in [2.24, 2.45) is 29.6 Å². The van der Waals surface area contributed by atoms with E-state index >= 15 is 0 Å². The van der Waals surface area contributed by atoms with Crippen molar-refractivity contribution in [3.63, 3.8) is 0 Å².